The first-order chi connectivity index (χ1) is 14.1. The number of aromatic nitrogens is 2. The molecule has 1 amide bonds. The van der Waals surface area contributed by atoms with Crippen LogP contribution in [0.2, 0.25) is 0 Å². The number of carbonyl (C=O) groups is 1. The maximum absolute atomic E-state index is 13.0. The van der Waals surface area contributed by atoms with Crippen LogP contribution in [0.15, 0.2) is 78.9 Å². The number of hydrogen-bond donors (Lipinski definition) is 0. The molecule has 1 aliphatic rings. The number of anilines is 1. The van der Waals surface area contributed by atoms with Crippen LogP contribution in [0.25, 0.3) is 21.8 Å². The number of benzene rings is 3. The molecule has 1 aliphatic heterocycles. The van der Waals surface area contributed by atoms with Gasteiger partial charge in [0.1, 0.15) is 5.82 Å². The molecular weight excluding hydrogens is 358 g/mol. The summed E-state index contributed by atoms with van der Waals surface area (Å²) in [6, 6.07) is 22.5. The fraction of sp³-hybridized carbons (Fsp3) is 0.200. The van der Waals surface area contributed by atoms with Gasteiger partial charge in [-0.1, -0.05) is 60.7 Å². The third-order valence-electron chi connectivity index (χ3n) is 5.66. The largest absolute Gasteiger partial charge is 0.324 e. The summed E-state index contributed by atoms with van der Waals surface area (Å²) in [5, 5.41) is 2.26. The Kier molecular flexibility index (Phi) is 4.20. The molecule has 1 fully saturated rings. The molecule has 1 atom stereocenters. The van der Waals surface area contributed by atoms with Crippen molar-refractivity contribution in [3.8, 4) is 0 Å². The molecule has 4 heteroatoms. The summed E-state index contributed by atoms with van der Waals surface area (Å²) in [6.07, 6.45) is 0.475. The van der Waals surface area contributed by atoms with Crippen LogP contribution in [0, 0.1) is 0 Å². The molecule has 0 radical (unpaired) electrons. The summed E-state index contributed by atoms with van der Waals surface area (Å²) in [5.74, 6) is 1.19. The van der Waals surface area contributed by atoms with E-state index in [2.05, 4.69) is 35.4 Å². The highest BCUT2D eigenvalue weighted by Gasteiger charge is 2.35. The molecule has 5 rings (SSSR count). The number of nitrogens with zero attached hydrogens (tertiary/aromatic N) is 3. The highest BCUT2D eigenvalue weighted by atomic mass is 16.2. The molecule has 0 bridgehead atoms. The van der Waals surface area contributed by atoms with Crippen LogP contribution in [0.5, 0.6) is 0 Å². The Bertz CT molecular complexity index is 1250. The van der Waals surface area contributed by atoms with Crippen LogP contribution in [0.1, 0.15) is 25.1 Å². The highest BCUT2D eigenvalue weighted by molar-refractivity contribution is 6.05. The van der Waals surface area contributed by atoms with E-state index in [1.54, 1.807) is 0 Å². The Hall–Kier alpha value is -3.40. The monoisotopic (exact) mass is 381 g/mol. The molecule has 0 aliphatic carbocycles. The van der Waals surface area contributed by atoms with Crippen LogP contribution in [-0.2, 0) is 11.3 Å². The van der Waals surface area contributed by atoms with Gasteiger partial charge < -0.3 is 9.47 Å². The zero-order valence-electron chi connectivity index (χ0n) is 16.5. The predicted molar refractivity (Wildman–Crippen MR) is 118 cm³/mol. The lowest BCUT2D eigenvalue weighted by Gasteiger charge is -2.19. The molecule has 0 N–H and O–H groups in total. The number of para-hydroxylation sites is 2. The average Bonchev–Trinajstić information content (AvgIpc) is 3.28. The van der Waals surface area contributed by atoms with Gasteiger partial charge >= 0.3 is 0 Å². The van der Waals surface area contributed by atoms with E-state index in [0.717, 1.165) is 45.4 Å². The Morgan fingerprint density at radius 3 is 2.69 bits per heavy atom. The zero-order chi connectivity index (χ0) is 20.0. The first-order valence-electron chi connectivity index (χ1n) is 9.99. The summed E-state index contributed by atoms with van der Waals surface area (Å²) >= 11 is 0. The van der Waals surface area contributed by atoms with E-state index in [1.807, 2.05) is 54.3 Å². The van der Waals surface area contributed by atoms with Crippen molar-refractivity contribution in [3.63, 3.8) is 0 Å². The third-order valence-corrected chi connectivity index (χ3v) is 5.66. The quantitative estimate of drug-likeness (QED) is 0.451. The van der Waals surface area contributed by atoms with Crippen LogP contribution < -0.4 is 4.90 Å². The molecule has 1 unspecified atom stereocenters. The predicted octanol–water partition coefficient (Wildman–Crippen LogP) is 5.29. The number of hydrogen-bond acceptors (Lipinski definition) is 2. The normalized spacial score (nSPS) is 16.8. The van der Waals surface area contributed by atoms with Crippen molar-refractivity contribution in [1.82, 2.24) is 9.55 Å². The lowest BCUT2D eigenvalue weighted by atomic mass is 10.1. The van der Waals surface area contributed by atoms with Gasteiger partial charge in [-0.25, -0.2) is 4.98 Å². The van der Waals surface area contributed by atoms with Gasteiger partial charge in [-0.05, 0) is 30.5 Å². The second kappa shape index (κ2) is 6.89. The Balaban J connectivity index is 1.56. The lowest BCUT2D eigenvalue weighted by molar-refractivity contribution is -0.117. The number of carbonyl (C=O) groups excluding carboxylic acids is 1. The van der Waals surface area contributed by atoms with Crippen LogP contribution in [-0.4, -0.2) is 22.0 Å². The number of amides is 1. The molecule has 4 aromatic rings. The molecule has 2 heterocycles. The summed E-state index contributed by atoms with van der Waals surface area (Å²) in [6.45, 7) is 7.48. The van der Waals surface area contributed by atoms with Gasteiger partial charge in [0.25, 0.3) is 0 Å². The van der Waals surface area contributed by atoms with E-state index in [4.69, 9.17) is 4.98 Å². The van der Waals surface area contributed by atoms with Crippen molar-refractivity contribution >= 4 is 33.4 Å². The highest BCUT2D eigenvalue weighted by Crippen LogP contribution is 2.36. The fourth-order valence-corrected chi connectivity index (χ4v) is 4.40. The minimum Gasteiger partial charge on any atom is -0.324 e. The molecule has 4 nitrogen and oxygen atoms in total. The SMILES string of the molecule is C=C(C)Cn1c(C2CC(=O)N(c3cccc4ccccc34)C2)nc2ccccc21. The first kappa shape index (κ1) is 17.7. The van der Waals surface area contributed by atoms with Gasteiger partial charge in [0.15, 0.2) is 0 Å². The lowest BCUT2D eigenvalue weighted by Crippen LogP contribution is -2.24. The molecule has 0 saturated carbocycles. The molecule has 29 heavy (non-hydrogen) atoms. The second-order valence-electron chi connectivity index (χ2n) is 7.91. The number of imidazole rings is 1. The number of rotatable bonds is 4. The summed E-state index contributed by atoms with van der Waals surface area (Å²) in [4.78, 5) is 19.9. The van der Waals surface area contributed by atoms with Gasteiger partial charge in [0.05, 0.1) is 16.7 Å². The van der Waals surface area contributed by atoms with Gasteiger partial charge in [-0.2, -0.15) is 0 Å². The van der Waals surface area contributed by atoms with Gasteiger partial charge in [-0.15, -0.1) is 0 Å². The third kappa shape index (κ3) is 3.01. The van der Waals surface area contributed by atoms with Crippen LogP contribution >= 0.6 is 0 Å². The van der Waals surface area contributed by atoms with Crippen molar-refractivity contribution in [2.75, 3.05) is 11.4 Å². The van der Waals surface area contributed by atoms with Crippen molar-refractivity contribution in [1.29, 1.82) is 0 Å². The minimum atomic E-state index is 0.0632. The number of fused-ring (bicyclic) bond motifs is 2. The molecule has 3 aromatic carbocycles. The Morgan fingerprint density at radius 2 is 1.83 bits per heavy atom. The maximum atomic E-state index is 13.0. The topological polar surface area (TPSA) is 38.1 Å². The van der Waals surface area contributed by atoms with Crippen LogP contribution in [0.3, 0.4) is 0 Å². The van der Waals surface area contributed by atoms with Crippen LogP contribution in [0.4, 0.5) is 5.69 Å². The van der Waals surface area contributed by atoms with Crippen molar-refractivity contribution in [3.05, 3.63) is 84.7 Å². The summed E-state index contributed by atoms with van der Waals surface area (Å²) < 4.78 is 2.22. The first-order valence-corrected chi connectivity index (χ1v) is 9.99. The van der Waals surface area contributed by atoms with E-state index >= 15 is 0 Å². The molecule has 0 spiro atoms. The number of allylic oxidation sites excluding steroid dienone is 1. The van der Waals surface area contributed by atoms with E-state index in [0.29, 0.717) is 13.0 Å². The van der Waals surface area contributed by atoms with E-state index < -0.39 is 0 Å². The maximum Gasteiger partial charge on any atom is 0.227 e. The van der Waals surface area contributed by atoms with Gasteiger partial charge in [-0.3, -0.25) is 4.79 Å². The van der Waals surface area contributed by atoms with Crippen molar-refractivity contribution in [2.45, 2.75) is 25.8 Å². The van der Waals surface area contributed by atoms with E-state index in [9.17, 15) is 4.79 Å². The molecular formula is C25H23N3O. The van der Waals surface area contributed by atoms with Crippen molar-refractivity contribution in [2.24, 2.45) is 0 Å². The average molecular weight is 381 g/mol. The summed E-state index contributed by atoms with van der Waals surface area (Å²) in [5.41, 5.74) is 4.13. The molecule has 1 aromatic heterocycles. The van der Waals surface area contributed by atoms with Gasteiger partial charge in [0, 0.05) is 30.8 Å². The van der Waals surface area contributed by atoms with Crippen molar-refractivity contribution < 1.29 is 4.79 Å². The summed E-state index contributed by atoms with van der Waals surface area (Å²) in [7, 11) is 0. The molecule has 144 valence electrons. The fourth-order valence-electron chi connectivity index (χ4n) is 4.40. The van der Waals surface area contributed by atoms with E-state index in [1.165, 1.54) is 0 Å². The standard InChI is InChI=1S/C25H23N3O/c1-17(2)15-28-23-12-6-5-11-21(23)26-25(28)19-14-24(29)27(16-19)22-13-7-9-18-8-3-4-10-20(18)22/h3-13,19H,1,14-16H2,2H3. The second-order valence-corrected chi connectivity index (χ2v) is 7.91. The Morgan fingerprint density at radius 1 is 1.07 bits per heavy atom. The zero-order valence-corrected chi connectivity index (χ0v) is 16.5. The smallest absolute Gasteiger partial charge is 0.227 e. The molecule has 1 saturated heterocycles. The van der Waals surface area contributed by atoms with Gasteiger partial charge in [0.2, 0.25) is 5.91 Å². The Labute approximate surface area is 170 Å². The van der Waals surface area contributed by atoms with E-state index in [-0.39, 0.29) is 11.8 Å². The minimum absolute atomic E-state index is 0.0632.